The summed E-state index contributed by atoms with van der Waals surface area (Å²) in [5, 5.41) is 12.3. The van der Waals surface area contributed by atoms with Crippen LogP contribution in [0.15, 0.2) is 0 Å². The Balaban J connectivity index is 1.58. The average Bonchev–Trinajstić information content (AvgIpc) is 3.32. The first-order valence-electron chi connectivity index (χ1n) is 12.7. The van der Waals surface area contributed by atoms with E-state index in [1.165, 1.54) is 0 Å². The Morgan fingerprint density at radius 2 is 1.97 bits per heavy atom. The van der Waals surface area contributed by atoms with Gasteiger partial charge in [-0.1, -0.05) is 6.92 Å². The molecule has 0 aliphatic carbocycles. The van der Waals surface area contributed by atoms with E-state index in [1.54, 1.807) is 11.8 Å². The highest BCUT2D eigenvalue weighted by Crippen LogP contribution is 2.65. The molecule has 3 unspecified atom stereocenters. The zero-order valence-electron chi connectivity index (χ0n) is 20.6. The van der Waals surface area contributed by atoms with Gasteiger partial charge in [0.05, 0.1) is 31.3 Å². The summed E-state index contributed by atoms with van der Waals surface area (Å²) in [6.07, 6.45) is 1.64. The lowest BCUT2D eigenvalue weighted by Crippen LogP contribution is -2.56. The maximum absolute atomic E-state index is 13.7. The number of hydrogen-bond acceptors (Lipinski definition) is 8. The number of nitrogens with one attached hydrogen (secondary N) is 1. The zero-order valence-corrected chi connectivity index (χ0v) is 20.6. The predicted octanol–water partition coefficient (Wildman–Crippen LogP) is -0.219. The highest BCUT2D eigenvalue weighted by molar-refractivity contribution is 5.98. The Labute approximate surface area is 201 Å². The third-order valence-corrected chi connectivity index (χ3v) is 8.24. The van der Waals surface area contributed by atoms with Crippen molar-refractivity contribution in [2.75, 3.05) is 59.2 Å². The minimum absolute atomic E-state index is 0.00741. The van der Waals surface area contributed by atoms with Gasteiger partial charge in [-0.05, 0) is 39.0 Å². The Kier molecular flexibility index (Phi) is 7.52. The van der Waals surface area contributed by atoms with Crippen LogP contribution >= 0.6 is 0 Å². The molecule has 4 rings (SSSR count). The summed E-state index contributed by atoms with van der Waals surface area (Å²) in [5.74, 6) is -2.38. The minimum atomic E-state index is -1.05. The second-order valence-electron chi connectivity index (χ2n) is 10.2. The molecule has 0 radical (unpaired) electrons. The molecule has 2 amide bonds. The van der Waals surface area contributed by atoms with Crippen molar-refractivity contribution in [2.24, 2.45) is 17.8 Å². The summed E-state index contributed by atoms with van der Waals surface area (Å²) in [6, 6.07) is -0.808. The molecule has 4 heterocycles. The topological polar surface area (TPSA) is 118 Å². The molecule has 0 aromatic carbocycles. The number of esters is 1. The molecule has 192 valence electrons. The van der Waals surface area contributed by atoms with Gasteiger partial charge in [0, 0.05) is 39.3 Å². The third-order valence-electron chi connectivity index (χ3n) is 8.24. The SMILES string of the molecule is CCOC(=O)[C@@H]1[C@H]2C(=O)N(CCCCO)C(C(=O)NCCN3CCOCC3)C23CC(C)[C@@]1(C)O3. The molecule has 1 spiro atoms. The van der Waals surface area contributed by atoms with E-state index < -0.39 is 35.0 Å². The lowest BCUT2D eigenvalue weighted by atomic mass is 9.62. The first-order chi connectivity index (χ1) is 16.3. The van der Waals surface area contributed by atoms with Crippen molar-refractivity contribution in [3.63, 3.8) is 0 Å². The predicted molar refractivity (Wildman–Crippen MR) is 122 cm³/mol. The molecule has 4 aliphatic rings. The van der Waals surface area contributed by atoms with E-state index in [9.17, 15) is 19.5 Å². The monoisotopic (exact) mass is 481 g/mol. The summed E-state index contributed by atoms with van der Waals surface area (Å²) >= 11 is 0. The van der Waals surface area contributed by atoms with E-state index in [0.29, 0.717) is 52.1 Å². The number of amides is 2. The van der Waals surface area contributed by atoms with Crippen molar-refractivity contribution >= 4 is 17.8 Å². The van der Waals surface area contributed by atoms with Gasteiger partial charge in [-0.3, -0.25) is 19.3 Å². The van der Waals surface area contributed by atoms with Crippen LogP contribution in [0.4, 0.5) is 0 Å². The van der Waals surface area contributed by atoms with E-state index in [4.69, 9.17) is 14.2 Å². The van der Waals surface area contributed by atoms with E-state index in [-0.39, 0.29) is 30.9 Å². The summed E-state index contributed by atoms with van der Waals surface area (Å²) in [5.41, 5.74) is -1.90. The lowest BCUT2D eigenvalue weighted by molar-refractivity contribution is -0.161. The number of unbranched alkanes of at least 4 members (excludes halogenated alkanes) is 1. The van der Waals surface area contributed by atoms with E-state index in [0.717, 1.165) is 13.1 Å². The number of aliphatic hydroxyl groups is 1. The first-order valence-corrected chi connectivity index (χ1v) is 12.7. The molecule has 10 nitrogen and oxygen atoms in total. The number of rotatable bonds is 10. The maximum atomic E-state index is 13.7. The smallest absolute Gasteiger partial charge is 0.312 e. The van der Waals surface area contributed by atoms with Gasteiger partial charge in [0.15, 0.2) is 0 Å². The molecular formula is C24H39N3O7. The highest BCUT2D eigenvalue weighted by Gasteiger charge is 2.80. The number of morpholine rings is 1. The molecule has 4 aliphatic heterocycles. The van der Waals surface area contributed by atoms with Crippen molar-refractivity contribution in [1.82, 2.24) is 15.1 Å². The minimum Gasteiger partial charge on any atom is -0.466 e. The molecule has 0 aromatic heterocycles. The van der Waals surface area contributed by atoms with Crippen molar-refractivity contribution in [3.05, 3.63) is 0 Å². The van der Waals surface area contributed by atoms with Crippen LogP contribution in [-0.4, -0.2) is 109 Å². The fourth-order valence-corrected chi connectivity index (χ4v) is 6.52. The summed E-state index contributed by atoms with van der Waals surface area (Å²) in [7, 11) is 0. The number of likely N-dealkylation sites (tertiary alicyclic amines) is 1. The van der Waals surface area contributed by atoms with Crippen LogP contribution in [0.1, 0.15) is 40.0 Å². The maximum Gasteiger partial charge on any atom is 0.312 e. The standard InChI is InChI=1S/C24H39N3O7/c1-4-33-22(31)18-17-21(30)27(8-5-6-12-28)19(24(17)15-16(2)23(18,3)34-24)20(29)25-7-9-26-10-13-32-14-11-26/h16-19,28H,4-15H2,1-3H3,(H,25,29)/t16?,17-,18-,19?,23+,24?/m0/s1. The van der Waals surface area contributed by atoms with Gasteiger partial charge >= 0.3 is 5.97 Å². The number of ether oxygens (including phenoxy) is 3. The molecular weight excluding hydrogens is 442 g/mol. The second kappa shape index (κ2) is 10.1. The quantitative estimate of drug-likeness (QED) is 0.325. The molecule has 0 aromatic rings. The third kappa shape index (κ3) is 4.12. The average molecular weight is 482 g/mol. The fourth-order valence-electron chi connectivity index (χ4n) is 6.52. The van der Waals surface area contributed by atoms with Gasteiger partial charge in [0.1, 0.15) is 17.6 Å². The van der Waals surface area contributed by atoms with Gasteiger partial charge in [0.25, 0.3) is 0 Å². The van der Waals surface area contributed by atoms with Crippen LogP contribution in [0, 0.1) is 17.8 Å². The van der Waals surface area contributed by atoms with Crippen LogP contribution in [0.2, 0.25) is 0 Å². The van der Waals surface area contributed by atoms with Crippen LogP contribution in [0.5, 0.6) is 0 Å². The van der Waals surface area contributed by atoms with Crippen molar-refractivity contribution < 1.29 is 33.7 Å². The van der Waals surface area contributed by atoms with Gasteiger partial charge in [-0.2, -0.15) is 0 Å². The Morgan fingerprint density at radius 3 is 2.65 bits per heavy atom. The summed E-state index contributed by atoms with van der Waals surface area (Å²) in [6.45, 7) is 10.4. The second-order valence-corrected chi connectivity index (χ2v) is 10.2. The number of carbonyl (C=O) groups is 3. The largest absolute Gasteiger partial charge is 0.466 e. The Morgan fingerprint density at radius 1 is 1.24 bits per heavy atom. The molecule has 0 saturated carbocycles. The van der Waals surface area contributed by atoms with E-state index in [1.807, 2.05) is 13.8 Å². The lowest BCUT2D eigenvalue weighted by Gasteiger charge is -2.35. The van der Waals surface area contributed by atoms with Crippen molar-refractivity contribution in [2.45, 2.75) is 57.3 Å². The van der Waals surface area contributed by atoms with Crippen molar-refractivity contribution in [3.8, 4) is 0 Å². The van der Waals surface area contributed by atoms with E-state index in [2.05, 4.69) is 10.2 Å². The molecule has 4 saturated heterocycles. The molecule has 34 heavy (non-hydrogen) atoms. The number of aliphatic hydroxyl groups excluding tert-OH is 1. The summed E-state index contributed by atoms with van der Waals surface area (Å²) in [4.78, 5) is 44.2. The number of carbonyl (C=O) groups excluding carboxylic acids is 3. The van der Waals surface area contributed by atoms with Crippen LogP contribution in [0.25, 0.3) is 0 Å². The Hall–Kier alpha value is -1.75. The Bertz CT molecular complexity index is 789. The van der Waals surface area contributed by atoms with Crippen LogP contribution in [0.3, 0.4) is 0 Å². The van der Waals surface area contributed by atoms with Crippen LogP contribution in [-0.2, 0) is 28.6 Å². The molecule has 10 heteroatoms. The molecule has 2 N–H and O–H groups in total. The van der Waals surface area contributed by atoms with Crippen molar-refractivity contribution in [1.29, 1.82) is 0 Å². The summed E-state index contributed by atoms with van der Waals surface area (Å²) < 4.78 is 17.3. The van der Waals surface area contributed by atoms with Gasteiger partial charge in [-0.15, -0.1) is 0 Å². The fraction of sp³-hybridized carbons (Fsp3) is 0.875. The molecule has 4 fully saturated rings. The van der Waals surface area contributed by atoms with Gasteiger partial charge in [0.2, 0.25) is 11.8 Å². The molecule has 2 bridgehead atoms. The highest BCUT2D eigenvalue weighted by atomic mass is 16.6. The number of nitrogens with zero attached hydrogens (tertiary/aromatic N) is 2. The first kappa shape index (κ1) is 25.3. The van der Waals surface area contributed by atoms with Gasteiger partial charge in [-0.25, -0.2) is 0 Å². The van der Waals surface area contributed by atoms with Gasteiger partial charge < -0.3 is 29.5 Å². The van der Waals surface area contributed by atoms with Crippen LogP contribution < -0.4 is 5.32 Å². The number of fused-ring (bicyclic) bond motifs is 1. The molecule has 6 atom stereocenters. The number of hydrogen-bond donors (Lipinski definition) is 2. The zero-order chi connectivity index (χ0) is 24.5. The normalized spacial score (nSPS) is 37.2. The van der Waals surface area contributed by atoms with E-state index >= 15 is 0 Å².